The SMILES string of the molecule is Cc1cc(C(=O)NC(C(=O)c2ccc(C#N)cc2)C(C)C)n(C(C)(C)C)n1. The number of Topliss-reactive ketones (excluding diaryl/α,β-unsaturated/α-hetero) is 1. The number of aryl methyl sites for hydroxylation is 1. The van der Waals surface area contributed by atoms with Crippen LogP contribution in [0.5, 0.6) is 0 Å². The van der Waals surface area contributed by atoms with E-state index in [1.165, 1.54) is 0 Å². The van der Waals surface area contributed by atoms with Crippen LogP contribution in [0.15, 0.2) is 30.3 Å². The Hall–Kier alpha value is -2.94. The van der Waals surface area contributed by atoms with Gasteiger partial charge in [-0.2, -0.15) is 10.4 Å². The topological polar surface area (TPSA) is 87.8 Å². The summed E-state index contributed by atoms with van der Waals surface area (Å²) < 4.78 is 1.68. The molecule has 1 aromatic carbocycles. The van der Waals surface area contributed by atoms with E-state index in [1.807, 2.05) is 47.6 Å². The Labute approximate surface area is 160 Å². The van der Waals surface area contributed by atoms with Gasteiger partial charge in [0.1, 0.15) is 5.69 Å². The fourth-order valence-corrected chi connectivity index (χ4v) is 2.81. The van der Waals surface area contributed by atoms with Gasteiger partial charge in [-0.3, -0.25) is 14.3 Å². The minimum atomic E-state index is -0.672. The van der Waals surface area contributed by atoms with Crippen molar-refractivity contribution < 1.29 is 9.59 Å². The van der Waals surface area contributed by atoms with Crippen LogP contribution in [-0.4, -0.2) is 27.5 Å². The van der Waals surface area contributed by atoms with Crippen LogP contribution < -0.4 is 5.32 Å². The minimum absolute atomic E-state index is 0.0933. The highest BCUT2D eigenvalue weighted by Crippen LogP contribution is 2.18. The van der Waals surface area contributed by atoms with E-state index >= 15 is 0 Å². The van der Waals surface area contributed by atoms with Crippen LogP contribution in [0.3, 0.4) is 0 Å². The summed E-state index contributed by atoms with van der Waals surface area (Å²) in [6, 6.07) is 9.52. The van der Waals surface area contributed by atoms with Gasteiger partial charge in [0.2, 0.25) is 0 Å². The van der Waals surface area contributed by atoms with Crippen LogP contribution >= 0.6 is 0 Å². The maximum Gasteiger partial charge on any atom is 0.270 e. The van der Waals surface area contributed by atoms with Crippen molar-refractivity contribution in [3.63, 3.8) is 0 Å². The molecular weight excluding hydrogens is 340 g/mol. The zero-order chi connectivity index (χ0) is 20.4. The van der Waals surface area contributed by atoms with Crippen LogP contribution in [0.25, 0.3) is 0 Å². The summed E-state index contributed by atoms with van der Waals surface area (Å²) in [5, 5.41) is 16.2. The third-order valence-electron chi connectivity index (χ3n) is 4.23. The molecule has 142 valence electrons. The molecule has 0 bridgehead atoms. The highest BCUT2D eigenvalue weighted by atomic mass is 16.2. The highest BCUT2D eigenvalue weighted by molar-refractivity contribution is 6.04. The van der Waals surface area contributed by atoms with Gasteiger partial charge in [0.25, 0.3) is 5.91 Å². The minimum Gasteiger partial charge on any atom is -0.340 e. The molecule has 1 aromatic heterocycles. The van der Waals surface area contributed by atoms with Crippen LogP contribution in [0.1, 0.15) is 66.7 Å². The summed E-state index contributed by atoms with van der Waals surface area (Å²) in [6.07, 6.45) is 0. The Morgan fingerprint density at radius 1 is 1.19 bits per heavy atom. The molecule has 1 unspecified atom stereocenters. The number of benzene rings is 1. The normalized spacial score (nSPS) is 12.5. The fourth-order valence-electron chi connectivity index (χ4n) is 2.81. The molecule has 2 rings (SSSR count). The lowest BCUT2D eigenvalue weighted by atomic mass is 9.94. The van der Waals surface area contributed by atoms with Gasteiger partial charge in [0, 0.05) is 5.56 Å². The molecule has 1 N–H and O–H groups in total. The number of rotatable bonds is 5. The van der Waals surface area contributed by atoms with E-state index in [-0.39, 0.29) is 23.1 Å². The summed E-state index contributed by atoms with van der Waals surface area (Å²) in [5.41, 5.74) is 1.77. The van der Waals surface area contributed by atoms with Gasteiger partial charge in [0.05, 0.1) is 28.9 Å². The summed E-state index contributed by atoms with van der Waals surface area (Å²) in [4.78, 5) is 25.8. The number of nitriles is 1. The standard InChI is InChI=1S/C21H26N4O2/c1-13(2)18(19(26)16-9-7-15(12-22)8-10-16)23-20(27)17-11-14(3)24-25(17)21(4,5)6/h7-11,13,18H,1-6H3,(H,23,27). The quantitative estimate of drug-likeness (QED) is 0.821. The van der Waals surface area contributed by atoms with Crippen LogP contribution in [0.4, 0.5) is 0 Å². The van der Waals surface area contributed by atoms with Crippen molar-refractivity contribution >= 4 is 11.7 Å². The lowest BCUT2D eigenvalue weighted by Crippen LogP contribution is -2.45. The molecule has 0 aliphatic heterocycles. The van der Waals surface area contributed by atoms with Crippen LogP contribution in [-0.2, 0) is 5.54 Å². The molecule has 0 aliphatic carbocycles. The maximum atomic E-state index is 12.9. The van der Waals surface area contributed by atoms with Crippen molar-refractivity contribution in [2.75, 3.05) is 0 Å². The fraction of sp³-hybridized carbons (Fsp3) is 0.429. The number of ketones is 1. The molecule has 0 radical (unpaired) electrons. The van der Waals surface area contributed by atoms with E-state index in [0.717, 1.165) is 5.69 Å². The molecule has 6 heteroatoms. The Bertz CT molecular complexity index is 880. The second-order valence-corrected chi connectivity index (χ2v) is 8.00. The maximum absolute atomic E-state index is 12.9. The number of nitrogens with one attached hydrogen (secondary N) is 1. The average molecular weight is 366 g/mol. The molecule has 0 fully saturated rings. The molecule has 1 amide bonds. The average Bonchev–Trinajstić information content (AvgIpc) is 3.01. The van der Waals surface area contributed by atoms with Gasteiger partial charge >= 0.3 is 0 Å². The van der Waals surface area contributed by atoms with Crippen molar-refractivity contribution in [3.05, 3.63) is 52.8 Å². The number of aromatic nitrogens is 2. The Kier molecular flexibility index (Phi) is 5.85. The predicted octanol–water partition coefficient (Wildman–Crippen LogP) is 3.46. The van der Waals surface area contributed by atoms with E-state index in [4.69, 9.17) is 5.26 Å². The molecule has 0 spiro atoms. The predicted molar refractivity (Wildman–Crippen MR) is 104 cm³/mol. The second kappa shape index (κ2) is 7.75. The van der Waals surface area contributed by atoms with Gasteiger partial charge in [-0.1, -0.05) is 26.0 Å². The molecular formula is C21H26N4O2. The van der Waals surface area contributed by atoms with Crippen molar-refractivity contribution in [1.29, 1.82) is 5.26 Å². The van der Waals surface area contributed by atoms with Gasteiger partial charge in [0.15, 0.2) is 5.78 Å². The number of hydrogen-bond acceptors (Lipinski definition) is 4. The summed E-state index contributed by atoms with van der Waals surface area (Å²) >= 11 is 0. The summed E-state index contributed by atoms with van der Waals surface area (Å²) in [5.74, 6) is -0.600. The number of hydrogen-bond donors (Lipinski definition) is 1. The van der Waals surface area contributed by atoms with E-state index in [0.29, 0.717) is 16.8 Å². The molecule has 1 atom stereocenters. The smallest absolute Gasteiger partial charge is 0.270 e. The molecule has 2 aromatic rings. The zero-order valence-corrected chi connectivity index (χ0v) is 16.7. The van der Waals surface area contributed by atoms with Crippen molar-refractivity contribution in [2.24, 2.45) is 5.92 Å². The second-order valence-electron chi connectivity index (χ2n) is 8.00. The Balaban J connectivity index is 2.30. The van der Waals surface area contributed by atoms with E-state index in [9.17, 15) is 9.59 Å². The number of carbonyl (C=O) groups excluding carboxylic acids is 2. The first kappa shape index (κ1) is 20.4. The first-order valence-electron chi connectivity index (χ1n) is 8.97. The largest absolute Gasteiger partial charge is 0.340 e. The Morgan fingerprint density at radius 2 is 1.78 bits per heavy atom. The van der Waals surface area contributed by atoms with Crippen molar-refractivity contribution in [2.45, 2.75) is 53.1 Å². The lowest BCUT2D eigenvalue weighted by molar-refractivity contribution is 0.0822. The molecule has 0 saturated heterocycles. The van der Waals surface area contributed by atoms with E-state index in [1.54, 1.807) is 35.0 Å². The number of carbonyl (C=O) groups is 2. The Morgan fingerprint density at radius 3 is 2.26 bits per heavy atom. The highest BCUT2D eigenvalue weighted by Gasteiger charge is 2.29. The molecule has 27 heavy (non-hydrogen) atoms. The van der Waals surface area contributed by atoms with Crippen LogP contribution in [0.2, 0.25) is 0 Å². The number of amides is 1. The van der Waals surface area contributed by atoms with Crippen molar-refractivity contribution in [1.82, 2.24) is 15.1 Å². The monoisotopic (exact) mass is 366 g/mol. The summed E-state index contributed by atoms with van der Waals surface area (Å²) in [7, 11) is 0. The van der Waals surface area contributed by atoms with Crippen molar-refractivity contribution in [3.8, 4) is 6.07 Å². The first-order chi connectivity index (χ1) is 12.5. The lowest BCUT2D eigenvalue weighted by Gasteiger charge is -2.25. The van der Waals surface area contributed by atoms with Gasteiger partial charge in [-0.05, 0) is 51.8 Å². The first-order valence-corrected chi connectivity index (χ1v) is 8.97. The molecule has 1 heterocycles. The molecule has 6 nitrogen and oxygen atoms in total. The van der Waals surface area contributed by atoms with E-state index < -0.39 is 6.04 Å². The van der Waals surface area contributed by atoms with Crippen LogP contribution in [0, 0.1) is 24.2 Å². The van der Waals surface area contributed by atoms with E-state index in [2.05, 4.69) is 10.4 Å². The molecule has 0 saturated carbocycles. The zero-order valence-electron chi connectivity index (χ0n) is 16.7. The third-order valence-corrected chi connectivity index (χ3v) is 4.23. The van der Waals surface area contributed by atoms with Gasteiger partial charge in [-0.15, -0.1) is 0 Å². The number of nitrogens with zero attached hydrogens (tertiary/aromatic N) is 3. The summed E-state index contributed by atoms with van der Waals surface area (Å²) in [6.45, 7) is 11.5. The van der Waals surface area contributed by atoms with Gasteiger partial charge < -0.3 is 5.32 Å². The third kappa shape index (κ3) is 4.62. The van der Waals surface area contributed by atoms with Gasteiger partial charge in [-0.25, -0.2) is 0 Å². The molecule has 0 aliphatic rings.